The second kappa shape index (κ2) is 6.99. The van der Waals surface area contributed by atoms with E-state index in [0.717, 1.165) is 18.7 Å². The Hall–Kier alpha value is -0.770. The van der Waals surface area contributed by atoms with Crippen LogP contribution >= 0.6 is 35.6 Å². The molecule has 0 aromatic heterocycles. The summed E-state index contributed by atoms with van der Waals surface area (Å²) in [4.78, 5) is 0. The van der Waals surface area contributed by atoms with Crippen LogP contribution in [0, 0.1) is 0 Å². The first-order valence-electron chi connectivity index (χ1n) is 6.54. The van der Waals surface area contributed by atoms with E-state index in [-0.39, 0.29) is 18.0 Å². The molecule has 0 amide bonds. The molecule has 5 heteroatoms. The summed E-state index contributed by atoms with van der Waals surface area (Å²) in [5.41, 5.74) is 1.93. The van der Waals surface area contributed by atoms with E-state index in [1.807, 2.05) is 36.4 Å². The van der Waals surface area contributed by atoms with Gasteiger partial charge in [0, 0.05) is 13.1 Å². The average Bonchev–Trinajstić information content (AvgIpc) is 2.42. The number of hydrogen-bond acceptors (Lipinski definition) is 2. The highest BCUT2D eigenvalue weighted by Gasteiger charge is 2.40. The largest absolute Gasteiger partial charge is 0.363 e. The van der Waals surface area contributed by atoms with Crippen molar-refractivity contribution in [2.45, 2.75) is 12.2 Å². The van der Waals surface area contributed by atoms with Crippen LogP contribution in [0.4, 0.5) is 0 Å². The zero-order chi connectivity index (χ0) is 14.0. The second-order valence-corrected chi connectivity index (χ2v) is 5.82. The standard InChI is InChI=1S/C16H15Cl2NO.ClH/c17-14-7-6-13(8-15(14)18)16(10-19-11-16)20-9-12-4-2-1-3-5-12;/h1-8,19H,9-11H2;1H. The fourth-order valence-electron chi connectivity index (χ4n) is 2.32. The summed E-state index contributed by atoms with van der Waals surface area (Å²) in [7, 11) is 0. The molecule has 2 aromatic rings. The number of rotatable bonds is 4. The van der Waals surface area contributed by atoms with Crippen molar-refractivity contribution in [3.8, 4) is 0 Å². The van der Waals surface area contributed by atoms with E-state index in [0.29, 0.717) is 16.7 Å². The monoisotopic (exact) mass is 343 g/mol. The molecule has 0 unspecified atom stereocenters. The Labute approximate surface area is 140 Å². The zero-order valence-electron chi connectivity index (χ0n) is 11.3. The molecule has 1 aliphatic heterocycles. The molecular weight excluding hydrogens is 329 g/mol. The molecular formula is C16H16Cl3NO. The summed E-state index contributed by atoms with van der Waals surface area (Å²) in [6, 6.07) is 15.9. The van der Waals surface area contributed by atoms with Crippen molar-refractivity contribution in [2.24, 2.45) is 0 Å². The molecule has 2 aromatic carbocycles. The van der Waals surface area contributed by atoms with Gasteiger partial charge in [0.1, 0.15) is 5.60 Å². The van der Waals surface area contributed by atoms with Crippen LogP contribution in [0.2, 0.25) is 10.0 Å². The van der Waals surface area contributed by atoms with Gasteiger partial charge in [0.2, 0.25) is 0 Å². The Kier molecular flexibility index (Phi) is 5.53. The predicted octanol–water partition coefficient (Wildman–Crippen LogP) is 4.43. The number of hydrogen-bond donors (Lipinski definition) is 1. The first kappa shape index (κ1) is 16.6. The van der Waals surface area contributed by atoms with Crippen LogP contribution < -0.4 is 5.32 Å². The summed E-state index contributed by atoms with van der Waals surface area (Å²) in [6.07, 6.45) is 0. The van der Waals surface area contributed by atoms with Crippen molar-refractivity contribution in [1.82, 2.24) is 5.32 Å². The lowest BCUT2D eigenvalue weighted by Gasteiger charge is -2.43. The van der Waals surface area contributed by atoms with Crippen LogP contribution in [0.5, 0.6) is 0 Å². The molecule has 0 atom stereocenters. The van der Waals surface area contributed by atoms with Crippen molar-refractivity contribution in [2.75, 3.05) is 13.1 Å². The van der Waals surface area contributed by atoms with Gasteiger partial charge in [-0.1, -0.05) is 59.6 Å². The van der Waals surface area contributed by atoms with Gasteiger partial charge in [0.15, 0.2) is 0 Å². The number of benzene rings is 2. The Morgan fingerprint density at radius 2 is 1.71 bits per heavy atom. The predicted molar refractivity (Wildman–Crippen MR) is 89.5 cm³/mol. The number of halogens is 3. The van der Waals surface area contributed by atoms with Gasteiger partial charge in [-0.05, 0) is 23.3 Å². The third-order valence-electron chi connectivity index (χ3n) is 3.62. The van der Waals surface area contributed by atoms with Gasteiger partial charge >= 0.3 is 0 Å². The summed E-state index contributed by atoms with van der Waals surface area (Å²) >= 11 is 12.1. The lowest BCUT2D eigenvalue weighted by molar-refractivity contribution is -0.0968. The van der Waals surface area contributed by atoms with Crippen molar-refractivity contribution in [3.05, 3.63) is 69.7 Å². The van der Waals surface area contributed by atoms with E-state index in [2.05, 4.69) is 17.4 Å². The molecule has 21 heavy (non-hydrogen) atoms. The van der Waals surface area contributed by atoms with Crippen molar-refractivity contribution in [1.29, 1.82) is 0 Å². The summed E-state index contributed by atoms with van der Waals surface area (Å²) in [5.74, 6) is 0. The van der Waals surface area contributed by atoms with Crippen LogP contribution in [0.15, 0.2) is 48.5 Å². The van der Waals surface area contributed by atoms with Gasteiger partial charge < -0.3 is 10.1 Å². The third kappa shape index (κ3) is 3.53. The van der Waals surface area contributed by atoms with Gasteiger partial charge in [-0.3, -0.25) is 0 Å². The molecule has 0 aliphatic carbocycles. The zero-order valence-corrected chi connectivity index (χ0v) is 13.6. The van der Waals surface area contributed by atoms with Crippen LogP contribution in [0.1, 0.15) is 11.1 Å². The Balaban J connectivity index is 0.00000161. The number of nitrogens with one attached hydrogen (secondary N) is 1. The molecule has 1 fully saturated rings. The van der Waals surface area contributed by atoms with Gasteiger partial charge in [-0.15, -0.1) is 12.4 Å². The number of ether oxygens (including phenoxy) is 1. The van der Waals surface area contributed by atoms with Crippen molar-refractivity contribution < 1.29 is 4.74 Å². The lowest BCUT2D eigenvalue weighted by atomic mass is 9.88. The minimum Gasteiger partial charge on any atom is -0.363 e. The second-order valence-electron chi connectivity index (χ2n) is 5.00. The Morgan fingerprint density at radius 3 is 2.29 bits per heavy atom. The summed E-state index contributed by atoms with van der Waals surface area (Å²) < 4.78 is 6.17. The molecule has 0 spiro atoms. The van der Waals surface area contributed by atoms with E-state index in [1.165, 1.54) is 5.56 Å². The van der Waals surface area contributed by atoms with Gasteiger partial charge in [-0.2, -0.15) is 0 Å². The molecule has 1 saturated heterocycles. The molecule has 1 N–H and O–H groups in total. The summed E-state index contributed by atoms with van der Waals surface area (Å²) in [6.45, 7) is 2.17. The first-order chi connectivity index (χ1) is 9.70. The van der Waals surface area contributed by atoms with Crippen LogP contribution in [-0.4, -0.2) is 13.1 Å². The first-order valence-corrected chi connectivity index (χ1v) is 7.29. The fourth-order valence-corrected chi connectivity index (χ4v) is 2.61. The van der Waals surface area contributed by atoms with E-state index in [4.69, 9.17) is 27.9 Å². The van der Waals surface area contributed by atoms with Crippen LogP contribution in [-0.2, 0) is 16.9 Å². The van der Waals surface area contributed by atoms with Gasteiger partial charge in [-0.25, -0.2) is 0 Å². The quantitative estimate of drug-likeness (QED) is 0.886. The Morgan fingerprint density at radius 1 is 1.00 bits per heavy atom. The third-order valence-corrected chi connectivity index (χ3v) is 4.36. The van der Waals surface area contributed by atoms with Gasteiger partial charge in [0.25, 0.3) is 0 Å². The molecule has 112 valence electrons. The van der Waals surface area contributed by atoms with Crippen molar-refractivity contribution >= 4 is 35.6 Å². The van der Waals surface area contributed by atoms with E-state index >= 15 is 0 Å². The smallest absolute Gasteiger partial charge is 0.118 e. The van der Waals surface area contributed by atoms with E-state index in [9.17, 15) is 0 Å². The highest BCUT2D eigenvalue weighted by atomic mass is 35.5. The molecule has 2 nitrogen and oxygen atoms in total. The normalized spacial score (nSPS) is 15.9. The van der Waals surface area contributed by atoms with Crippen LogP contribution in [0.25, 0.3) is 0 Å². The maximum absolute atomic E-state index is 6.17. The molecule has 3 rings (SSSR count). The topological polar surface area (TPSA) is 21.3 Å². The Bertz CT molecular complexity index is 600. The van der Waals surface area contributed by atoms with E-state index < -0.39 is 0 Å². The minimum absolute atomic E-state index is 0. The molecule has 0 bridgehead atoms. The highest BCUT2D eigenvalue weighted by Crippen LogP contribution is 2.34. The van der Waals surface area contributed by atoms with Crippen LogP contribution in [0.3, 0.4) is 0 Å². The lowest BCUT2D eigenvalue weighted by Crippen LogP contribution is -2.58. The SMILES string of the molecule is Cl.Clc1ccc(C2(OCc3ccccc3)CNC2)cc1Cl. The maximum Gasteiger partial charge on any atom is 0.118 e. The highest BCUT2D eigenvalue weighted by molar-refractivity contribution is 6.42. The molecule has 0 radical (unpaired) electrons. The minimum atomic E-state index is -0.302. The molecule has 1 heterocycles. The fraction of sp³-hybridized carbons (Fsp3) is 0.250. The molecule has 1 aliphatic rings. The summed E-state index contributed by atoms with van der Waals surface area (Å²) in [5, 5.41) is 4.41. The average molecular weight is 345 g/mol. The molecule has 0 saturated carbocycles. The van der Waals surface area contributed by atoms with Crippen molar-refractivity contribution in [3.63, 3.8) is 0 Å². The van der Waals surface area contributed by atoms with Gasteiger partial charge in [0.05, 0.1) is 16.7 Å². The van der Waals surface area contributed by atoms with E-state index in [1.54, 1.807) is 0 Å². The maximum atomic E-state index is 6.17.